The van der Waals surface area contributed by atoms with E-state index in [4.69, 9.17) is 16.6 Å². The van der Waals surface area contributed by atoms with Gasteiger partial charge in [-0.15, -0.1) is 0 Å². The number of anilines is 1. The summed E-state index contributed by atoms with van der Waals surface area (Å²) in [4.78, 5) is 22.1. The van der Waals surface area contributed by atoms with E-state index in [2.05, 4.69) is 4.90 Å². The summed E-state index contributed by atoms with van der Waals surface area (Å²) < 4.78 is 29.1. The van der Waals surface area contributed by atoms with Gasteiger partial charge in [-0.1, -0.05) is 42.3 Å². The number of amides is 1. The van der Waals surface area contributed by atoms with Gasteiger partial charge in [0, 0.05) is 44.3 Å². The van der Waals surface area contributed by atoms with Gasteiger partial charge >= 0.3 is 0 Å². The average Bonchev–Trinajstić information content (AvgIpc) is 3.34. The fourth-order valence-electron chi connectivity index (χ4n) is 4.93. The predicted molar refractivity (Wildman–Crippen MR) is 141 cm³/mol. The molecule has 1 amide bonds. The monoisotopic (exact) mass is 532 g/mol. The summed E-state index contributed by atoms with van der Waals surface area (Å²) in [5, 5.41) is 1.56. The Kier molecular flexibility index (Phi) is 7.03. The van der Waals surface area contributed by atoms with E-state index in [0.29, 0.717) is 43.3 Å². The van der Waals surface area contributed by atoms with Crippen LogP contribution in [0.4, 0.5) is 5.13 Å². The quantitative estimate of drug-likeness (QED) is 0.469. The Labute approximate surface area is 215 Å². The number of sulfonamides is 1. The van der Waals surface area contributed by atoms with Crippen molar-refractivity contribution < 1.29 is 13.2 Å². The van der Waals surface area contributed by atoms with Crippen LogP contribution in [0, 0.1) is 0 Å². The van der Waals surface area contributed by atoms with Gasteiger partial charge in [0.25, 0.3) is 5.91 Å². The van der Waals surface area contributed by atoms with Crippen LogP contribution in [0.3, 0.4) is 0 Å². The molecule has 0 saturated carbocycles. The molecule has 0 spiro atoms. The summed E-state index contributed by atoms with van der Waals surface area (Å²) >= 11 is 7.88. The second-order valence-corrected chi connectivity index (χ2v) is 12.4. The zero-order valence-electron chi connectivity index (χ0n) is 19.7. The molecule has 0 bridgehead atoms. The third-order valence-corrected chi connectivity index (χ3v) is 10.3. The Morgan fingerprint density at radius 2 is 1.80 bits per heavy atom. The van der Waals surface area contributed by atoms with Gasteiger partial charge in [-0.2, -0.15) is 4.31 Å². The summed E-state index contributed by atoms with van der Waals surface area (Å²) in [6, 6.07) is 12.3. The first kappa shape index (κ1) is 24.5. The highest BCUT2D eigenvalue weighted by Crippen LogP contribution is 2.33. The Bertz CT molecular complexity index is 1320. The van der Waals surface area contributed by atoms with Crippen LogP contribution in [-0.2, 0) is 10.0 Å². The van der Waals surface area contributed by atoms with Crippen LogP contribution in [0.5, 0.6) is 0 Å². The molecule has 1 unspecified atom stereocenters. The molecule has 7 nitrogen and oxygen atoms in total. The van der Waals surface area contributed by atoms with E-state index >= 15 is 0 Å². The molecule has 1 aromatic heterocycles. The highest BCUT2D eigenvalue weighted by atomic mass is 35.5. The number of halogens is 1. The van der Waals surface area contributed by atoms with Crippen molar-refractivity contribution in [3.05, 3.63) is 53.1 Å². The lowest BCUT2D eigenvalue weighted by atomic mass is 10.0. The van der Waals surface area contributed by atoms with Crippen LogP contribution >= 0.6 is 22.9 Å². The fraction of sp³-hybridized carbons (Fsp3) is 0.440. The maximum absolute atomic E-state index is 13.2. The van der Waals surface area contributed by atoms with Crippen LogP contribution < -0.4 is 4.90 Å². The number of piperazine rings is 1. The van der Waals surface area contributed by atoms with Crippen LogP contribution in [0.2, 0.25) is 5.02 Å². The van der Waals surface area contributed by atoms with Gasteiger partial charge in [0.2, 0.25) is 10.0 Å². The number of piperidine rings is 1. The van der Waals surface area contributed by atoms with Gasteiger partial charge in [-0.3, -0.25) is 4.79 Å². The van der Waals surface area contributed by atoms with Gasteiger partial charge in [0.05, 0.1) is 14.6 Å². The minimum Gasteiger partial charge on any atom is -0.345 e. The third kappa shape index (κ3) is 4.79. The van der Waals surface area contributed by atoms with E-state index in [0.717, 1.165) is 41.0 Å². The van der Waals surface area contributed by atoms with Crippen molar-refractivity contribution in [1.82, 2.24) is 14.2 Å². The van der Waals surface area contributed by atoms with E-state index in [-0.39, 0.29) is 16.8 Å². The Hall–Kier alpha value is -2.20. The van der Waals surface area contributed by atoms with E-state index in [9.17, 15) is 13.2 Å². The number of benzene rings is 2. The lowest BCUT2D eigenvalue weighted by molar-refractivity contribution is 0.0746. The standard InChI is InChI=1S/C25H29ClN4O3S2/c1-2-19-6-3-4-13-30(19)35(32,33)20-11-9-18(10-12-20)24(31)28-14-16-29(17-15-28)25-27-23-21(26)7-5-8-22(23)34-25/h5,7-12,19H,2-4,6,13-17H2,1H3. The maximum atomic E-state index is 13.2. The highest BCUT2D eigenvalue weighted by Gasteiger charge is 2.32. The molecule has 2 fully saturated rings. The SMILES string of the molecule is CCC1CCCCN1S(=O)(=O)c1ccc(C(=O)N2CCN(c3nc4c(Cl)cccc4s3)CC2)cc1. The lowest BCUT2D eigenvalue weighted by Gasteiger charge is -2.35. The van der Waals surface area contributed by atoms with E-state index < -0.39 is 10.0 Å². The minimum atomic E-state index is -3.56. The van der Waals surface area contributed by atoms with Gasteiger partial charge in [0.1, 0.15) is 5.52 Å². The second-order valence-electron chi connectivity index (χ2n) is 9.06. The molecule has 0 radical (unpaired) electrons. The van der Waals surface area contributed by atoms with Crippen molar-refractivity contribution in [2.45, 2.75) is 43.5 Å². The molecule has 2 saturated heterocycles. The number of hydrogen-bond donors (Lipinski definition) is 0. The molecular weight excluding hydrogens is 504 g/mol. The molecule has 1 atom stereocenters. The van der Waals surface area contributed by atoms with Crippen molar-refractivity contribution in [2.24, 2.45) is 0 Å². The number of carbonyl (C=O) groups excluding carboxylic acids is 1. The van der Waals surface area contributed by atoms with E-state index in [1.165, 1.54) is 0 Å². The number of rotatable bonds is 5. The molecule has 3 aromatic rings. The molecule has 186 valence electrons. The molecule has 3 heterocycles. The molecule has 10 heteroatoms. The van der Waals surface area contributed by atoms with Gasteiger partial charge in [0.15, 0.2) is 5.13 Å². The van der Waals surface area contributed by atoms with Crippen molar-refractivity contribution in [2.75, 3.05) is 37.6 Å². The Balaban J connectivity index is 1.24. The lowest BCUT2D eigenvalue weighted by Crippen LogP contribution is -2.48. The first-order valence-corrected chi connectivity index (χ1v) is 14.7. The summed E-state index contributed by atoms with van der Waals surface area (Å²) in [5.74, 6) is -0.0784. The number of carbonyl (C=O) groups is 1. The van der Waals surface area contributed by atoms with E-state index in [1.54, 1.807) is 39.9 Å². The number of nitrogens with zero attached hydrogens (tertiary/aromatic N) is 4. The van der Waals surface area contributed by atoms with Crippen molar-refractivity contribution in [3.63, 3.8) is 0 Å². The third-order valence-electron chi connectivity index (χ3n) is 6.95. The Morgan fingerprint density at radius 1 is 1.06 bits per heavy atom. The van der Waals surface area contributed by atoms with E-state index in [1.807, 2.05) is 30.0 Å². The molecule has 0 aliphatic carbocycles. The smallest absolute Gasteiger partial charge is 0.253 e. The minimum absolute atomic E-state index is 0.0535. The predicted octanol–water partition coefficient (Wildman–Crippen LogP) is 4.87. The summed E-state index contributed by atoms with van der Waals surface area (Å²) in [6.07, 6.45) is 3.68. The molecule has 35 heavy (non-hydrogen) atoms. The van der Waals surface area contributed by atoms with Crippen LogP contribution in [0.15, 0.2) is 47.4 Å². The van der Waals surface area contributed by atoms with Crippen LogP contribution in [0.25, 0.3) is 10.2 Å². The van der Waals surface area contributed by atoms with Gasteiger partial charge < -0.3 is 9.80 Å². The van der Waals surface area contributed by atoms with Gasteiger partial charge in [-0.25, -0.2) is 13.4 Å². The zero-order chi connectivity index (χ0) is 24.6. The molecule has 2 aliphatic rings. The average molecular weight is 533 g/mol. The molecule has 2 aliphatic heterocycles. The highest BCUT2D eigenvalue weighted by molar-refractivity contribution is 7.89. The topological polar surface area (TPSA) is 73.8 Å². The van der Waals surface area contributed by atoms with Crippen LogP contribution in [0.1, 0.15) is 43.0 Å². The summed E-state index contributed by atoms with van der Waals surface area (Å²) in [6.45, 7) is 5.12. The Morgan fingerprint density at radius 3 is 2.49 bits per heavy atom. The first-order chi connectivity index (χ1) is 16.9. The van der Waals surface area contributed by atoms with Gasteiger partial charge in [-0.05, 0) is 55.7 Å². The van der Waals surface area contributed by atoms with Crippen molar-refractivity contribution in [3.8, 4) is 0 Å². The number of para-hydroxylation sites is 1. The molecule has 5 rings (SSSR count). The summed E-state index contributed by atoms with van der Waals surface area (Å²) in [5.41, 5.74) is 1.33. The van der Waals surface area contributed by atoms with Crippen molar-refractivity contribution >= 4 is 54.2 Å². The number of thiazole rings is 1. The largest absolute Gasteiger partial charge is 0.345 e. The summed E-state index contributed by atoms with van der Waals surface area (Å²) in [7, 11) is -3.56. The van der Waals surface area contributed by atoms with Crippen molar-refractivity contribution in [1.29, 1.82) is 0 Å². The maximum Gasteiger partial charge on any atom is 0.253 e. The normalized spacial score (nSPS) is 19.9. The number of aromatic nitrogens is 1. The number of hydrogen-bond acceptors (Lipinski definition) is 6. The first-order valence-electron chi connectivity index (χ1n) is 12.1. The molecule has 0 N–H and O–H groups in total. The fourth-order valence-corrected chi connectivity index (χ4v) is 8.01. The second kappa shape index (κ2) is 10.0. The number of fused-ring (bicyclic) bond motifs is 1. The zero-order valence-corrected chi connectivity index (χ0v) is 22.1. The molecular formula is C25H29ClN4O3S2. The molecule has 2 aromatic carbocycles. The van der Waals surface area contributed by atoms with Crippen LogP contribution in [-0.4, -0.2) is 67.3 Å².